The van der Waals surface area contributed by atoms with Crippen LogP contribution < -0.4 is 0 Å². The molecule has 0 bridgehead atoms. The molecule has 64 valence electrons. The van der Waals surface area contributed by atoms with E-state index >= 15 is 0 Å². The van der Waals surface area contributed by atoms with Crippen molar-refractivity contribution in [1.82, 2.24) is 0 Å². The fourth-order valence-electron chi connectivity index (χ4n) is 0.223. The van der Waals surface area contributed by atoms with Gasteiger partial charge in [-0.2, -0.15) is 19.3 Å². The van der Waals surface area contributed by atoms with E-state index in [0.717, 1.165) is 12.1 Å². The van der Waals surface area contributed by atoms with Gasteiger partial charge in [0.25, 0.3) is 0 Å². The summed E-state index contributed by atoms with van der Waals surface area (Å²) in [6.45, 7) is 0. The highest BCUT2D eigenvalue weighted by Gasteiger charge is 2.31. The standard InChI is InChI=1S/C4H2F2N2O3P/c5-3(1-7)10-12(9)11-4(6)2-8/h3-4H/q+1. The lowest BCUT2D eigenvalue weighted by Crippen LogP contribution is -2.01. The minimum absolute atomic E-state index is 0.929. The summed E-state index contributed by atoms with van der Waals surface area (Å²) in [5.41, 5.74) is 0. The summed E-state index contributed by atoms with van der Waals surface area (Å²) in [7, 11) is -3.12. The van der Waals surface area contributed by atoms with Crippen molar-refractivity contribution in [3.05, 3.63) is 0 Å². The molecule has 2 unspecified atom stereocenters. The Hall–Kier alpha value is -1.14. The lowest BCUT2D eigenvalue weighted by Gasteiger charge is -1.87. The summed E-state index contributed by atoms with van der Waals surface area (Å²) in [5.74, 6) is 0. The summed E-state index contributed by atoms with van der Waals surface area (Å²) in [6.07, 6.45) is -4.92. The first kappa shape index (κ1) is 10.9. The monoisotopic (exact) mass is 195 g/mol. The predicted molar refractivity (Wildman–Crippen MR) is 30.8 cm³/mol. The summed E-state index contributed by atoms with van der Waals surface area (Å²) >= 11 is 0. The molecular formula is C4H2F2N2O3P+. The molecule has 0 aliphatic rings. The second-order valence-electron chi connectivity index (χ2n) is 1.32. The van der Waals surface area contributed by atoms with Crippen molar-refractivity contribution < 1.29 is 22.4 Å². The lowest BCUT2D eigenvalue weighted by molar-refractivity contribution is 0.0624. The van der Waals surface area contributed by atoms with E-state index in [0.29, 0.717) is 0 Å². The van der Waals surface area contributed by atoms with Gasteiger partial charge < -0.3 is 0 Å². The Morgan fingerprint density at radius 2 is 1.50 bits per heavy atom. The average molecular weight is 195 g/mol. The predicted octanol–water partition coefficient (Wildman–Crippen LogP) is 1.32. The highest BCUT2D eigenvalue weighted by Crippen LogP contribution is 2.28. The fourth-order valence-corrected chi connectivity index (χ4v) is 0.669. The molecule has 0 N–H and O–H groups in total. The van der Waals surface area contributed by atoms with Crippen molar-refractivity contribution in [2.75, 3.05) is 0 Å². The fraction of sp³-hybridized carbons (Fsp3) is 0.500. The van der Waals surface area contributed by atoms with Crippen LogP contribution in [0.15, 0.2) is 0 Å². The molecule has 0 aliphatic carbocycles. The van der Waals surface area contributed by atoms with Crippen LogP contribution in [0.3, 0.4) is 0 Å². The van der Waals surface area contributed by atoms with E-state index in [1.54, 1.807) is 0 Å². The third kappa shape index (κ3) is 4.64. The maximum Gasteiger partial charge on any atom is 0.705 e. The molecule has 0 rings (SSSR count). The number of halogens is 2. The molecule has 8 heteroatoms. The van der Waals surface area contributed by atoms with E-state index in [9.17, 15) is 13.3 Å². The zero-order chi connectivity index (χ0) is 9.56. The van der Waals surface area contributed by atoms with Gasteiger partial charge in [-0.05, 0) is 0 Å². The molecule has 0 amide bonds. The van der Waals surface area contributed by atoms with Crippen molar-refractivity contribution >= 4 is 8.25 Å². The van der Waals surface area contributed by atoms with Crippen molar-refractivity contribution in [2.45, 2.75) is 12.7 Å². The summed E-state index contributed by atoms with van der Waals surface area (Å²) in [4.78, 5) is 0. The number of hydrogen-bond acceptors (Lipinski definition) is 5. The number of alkyl halides is 2. The second kappa shape index (κ2) is 5.50. The Labute approximate surface area is 67.1 Å². The first-order valence-electron chi connectivity index (χ1n) is 2.48. The summed E-state index contributed by atoms with van der Waals surface area (Å²) < 4.78 is 41.4. The quantitative estimate of drug-likeness (QED) is 0.631. The zero-order valence-corrected chi connectivity index (χ0v) is 6.37. The average Bonchev–Trinajstić information content (AvgIpc) is 2.03. The SMILES string of the molecule is N#CC(F)O[P+](=O)OC(F)C#N. The molecule has 0 heterocycles. The van der Waals surface area contributed by atoms with Gasteiger partial charge >= 0.3 is 21.0 Å². The van der Waals surface area contributed by atoms with Gasteiger partial charge in [0, 0.05) is 4.57 Å². The van der Waals surface area contributed by atoms with Crippen molar-refractivity contribution in [2.24, 2.45) is 0 Å². The van der Waals surface area contributed by atoms with Crippen molar-refractivity contribution in [3.8, 4) is 12.1 Å². The van der Waals surface area contributed by atoms with Gasteiger partial charge in [-0.1, -0.05) is 9.05 Å². The molecule has 0 aromatic heterocycles. The van der Waals surface area contributed by atoms with Gasteiger partial charge in [0.2, 0.25) is 0 Å². The van der Waals surface area contributed by atoms with Crippen LogP contribution in [0.5, 0.6) is 0 Å². The van der Waals surface area contributed by atoms with E-state index < -0.39 is 21.0 Å². The van der Waals surface area contributed by atoms with Crippen LogP contribution in [-0.4, -0.2) is 12.7 Å². The molecule has 0 fully saturated rings. The van der Waals surface area contributed by atoms with E-state index in [-0.39, 0.29) is 0 Å². The number of nitriles is 2. The maximum absolute atomic E-state index is 11.9. The Morgan fingerprint density at radius 3 is 1.75 bits per heavy atom. The Bertz CT molecular complexity index is 224. The molecule has 5 nitrogen and oxygen atoms in total. The van der Waals surface area contributed by atoms with Crippen LogP contribution in [0.25, 0.3) is 0 Å². The van der Waals surface area contributed by atoms with E-state index in [1.807, 2.05) is 0 Å². The van der Waals surface area contributed by atoms with Gasteiger partial charge in [-0.3, -0.25) is 0 Å². The van der Waals surface area contributed by atoms with Crippen LogP contribution in [0.2, 0.25) is 0 Å². The Morgan fingerprint density at radius 1 is 1.17 bits per heavy atom. The van der Waals surface area contributed by atoms with Crippen LogP contribution in [-0.2, 0) is 13.6 Å². The largest absolute Gasteiger partial charge is 0.705 e. The molecule has 0 aromatic rings. The molecule has 0 radical (unpaired) electrons. The second-order valence-corrected chi connectivity index (χ2v) is 2.19. The zero-order valence-electron chi connectivity index (χ0n) is 5.48. The Balaban J connectivity index is 3.78. The first-order valence-corrected chi connectivity index (χ1v) is 3.58. The lowest BCUT2D eigenvalue weighted by atomic mass is 10.8. The topological polar surface area (TPSA) is 83.1 Å². The Kier molecular flexibility index (Phi) is 4.98. The van der Waals surface area contributed by atoms with Crippen molar-refractivity contribution in [3.63, 3.8) is 0 Å². The normalized spacial score (nSPS) is 15.5. The number of nitrogens with zero attached hydrogens (tertiary/aromatic N) is 2. The molecule has 0 saturated carbocycles. The van der Waals surface area contributed by atoms with Gasteiger partial charge in [-0.25, -0.2) is 0 Å². The number of rotatable bonds is 4. The molecule has 0 aromatic carbocycles. The van der Waals surface area contributed by atoms with Gasteiger partial charge in [0.1, 0.15) is 12.1 Å². The molecule has 0 saturated heterocycles. The molecule has 2 atom stereocenters. The van der Waals surface area contributed by atoms with Crippen LogP contribution in [0, 0.1) is 22.7 Å². The van der Waals surface area contributed by atoms with Crippen LogP contribution >= 0.6 is 8.25 Å². The summed E-state index contributed by atoms with van der Waals surface area (Å²) in [6, 6.07) is 1.86. The van der Waals surface area contributed by atoms with Crippen LogP contribution in [0.4, 0.5) is 8.78 Å². The molecule has 0 spiro atoms. The molecule has 12 heavy (non-hydrogen) atoms. The van der Waals surface area contributed by atoms with Gasteiger partial charge in [-0.15, -0.1) is 0 Å². The minimum atomic E-state index is -3.12. The third-order valence-corrected chi connectivity index (χ3v) is 1.27. The first-order chi connectivity index (χ1) is 5.60. The smallest absolute Gasteiger partial charge is 0.194 e. The van der Waals surface area contributed by atoms with Crippen molar-refractivity contribution in [1.29, 1.82) is 10.5 Å². The maximum atomic E-state index is 11.9. The number of hydrogen-bond donors (Lipinski definition) is 0. The van der Waals surface area contributed by atoms with Gasteiger partial charge in [0.15, 0.2) is 0 Å². The molecular weight excluding hydrogens is 193 g/mol. The minimum Gasteiger partial charge on any atom is -0.194 e. The van der Waals surface area contributed by atoms with E-state index in [2.05, 4.69) is 9.05 Å². The molecule has 0 aliphatic heterocycles. The highest BCUT2D eigenvalue weighted by atomic mass is 31.1. The third-order valence-electron chi connectivity index (χ3n) is 0.560. The van der Waals surface area contributed by atoms with E-state index in [4.69, 9.17) is 10.5 Å². The summed E-state index contributed by atoms with van der Waals surface area (Å²) in [5, 5.41) is 15.6. The van der Waals surface area contributed by atoms with Crippen LogP contribution in [0.1, 0.15) is 0 Å². The van der Waals surface area contributed by atoms with Gasteiger partial charge in [0.05, 0.1) is 0 Å². The van der Waals surface area contributed by atoms with E-state index in [1.165, 1.54) is 0 Å². The highest BCUT2D eigenvalue weighted by molar-refractivity contribution is 7.33.